The Balaban J connectivity index is 1.95. The second-order valence-corrected chi connectivity index (χ2v) is 5.83. The molecule has 0 aliphatic rings. The molecule has 0 atom stereocenters. The summed E-state index contributed by atoms with van der Waals surface area (Å²) in [5, 5.41) is 2.74. The van der Waals surface area contributed by atoms with Crippen LogP contribution in [-0.4, -0.2) is 18.8 Å². The van der Waals surface area contributed by atoms with Gasteiger partial charge in [-0.1, -0.05) is 12.1 Å². The first-order chi connectivity index (χ1) is 10.1. The summed E-state index contributed by atoms with van der Waals surface area (Å²) in [6.07, 6.45) is 0.744. The van der Waals surface area contributed by atoms with Gasteiger partial charge in [0, 0.05) is 10.0 Å². The fourth-order valence-corrected chi connectivity index (χ4v) is 2.49. The van der Waals surface area contributed by atoms with Crippen LogP contribution in [0.1, 0.15) is 10.4 Å². The highest BCUT2D eigenvalue weighted by Gasteiger charge is 2.08. The number of carbonyl (C=O) groups excluding carboxylic acids is 2. The summed E-state index contributed by atoms with van der Waals surface area (Å²) in [5.74, 6) is 0.233. The van der Waals surface area contributed by atoms with Crippen LogP contribution in [0.25, 0.3) is 0 Å². The summed E-state index contributed by atoms with van der Waals surface area (Å²) < 4.78 is 6.85. The van der Waals surface area contributed by atoms with E-state index in [4.69, 9.17) is 4.74 Å². The second-order valence-electron chi connectivity index (χ2n) is 4.12. The van der Waals surface area contributed by atoms with Crippen molar-refractivity contribution >= 4 is 49.7 Å². The summed E-state index contributed by atoms with van der Waals surface area (Å²) in [7, 11) is 0. The molecular formula is C15H11Br2NO3. The lowest BCUT2D eigenvalue weighted by molar-refractivity contribution is -0.118. The van der Waals surface area contributed by atoms with Gasteiger partial charge in [-0.15, -0.1) is 0 Å². The minimum atomic E-state index is -0.270. The Hall–Kier alpha value is -1.66. The van der Waals surface area contributed by atoms with Crippen LogP contribution in [0.5, 0.6) is 5.75 Å². The number of hydrogen-bond acceptors (Lipinski definition) is 3. The third-order valence-electron chi connectivity index (χ3n) is 2.60. The van der Waals surface area contributed by atoms with Crippen molar-refractivity contribution in [2.75, 3.05) is 11.9 Å². The number of para-hydroxylation sites is 1. The summed E-state index contributed by atoms with van der Waals surface area (Å²) in [6.45, 7) is -0.125. The normalized spacial score (nSPS) is 10.0. The van der Waals surface area contributed by atoms with Gasteiger partial charge in [0.2, 0.25) is 0 Å². The van der Waals surface area contributed by atoms with Crippen molar-refractivity contribution < 1.29 is 14.3 Å². The zero-order valence-corrected chi connectivity index (χ0v) is 14.0. The summed E-state index contributed by atoms with van der Waals surface area (Å²) in [5.41, 5.74) is 1.22. The highest BCUT2D eigenvalue weighted by molar-refractivity contribution is 9.11. The van der Waals surface area contributed by atoms with Gasteiger partial charge in [-0.25, -0.2) is 0 Å². The number of carbonyl (C=O) groups is 2. The smallest absolute Gasteiger partial charge is 0.262 e. The molecule has 0 aromatic heterocycles. The number of benzene rings is 2. The highest BCUT2D eigenvalue weighted by atomic mass is 79.9. The SMILES string of the molecule is O=Cc1ccc(OCC(=O)Nc2ccccc2Br)c(Br)c1. The minimum Gasteiger partial charge on any atom is -0.483 e. The van der Waals surface area contributed by atoms with E-state index >= 15 is 0 Å². The van der Waals surface area contributed by atoms with Crippen LogP contribution >= 0.6 is 31.9 Å². The van der Waals surface area contributed by atoms with Crippen LogP contribution in [-0.2, 0) is 4.79 Å². The number of halogens is 2. The molecule has 1 N–H and O–H groups in total. The van der Waals surface area contributed by atoms with Crippen molar-refractivity contribution in [2.24, 2.45) is 0 Å². The number of ether oxygens (including phenoxy) is 1. The second kappa shape index (κ2) is 7.38. The van der Waals surface area contributed by atoms with E-state index in [9.17, 15) is 9.59 Å². The molecule has 0 saturated heterocycles. The maximum atomic E-state index is 11.8. The van der Waals surface area contributed by atoms with Crippen LogP contribution < -0.4 is 10.1 Å². The molecule has 0 aliphatic carbocycles. The van der Waals surface area contributed by atoms with Gasteiger partial charge in [0.15, 0.2) is 6.61 Å². The van der Waals surface area contributed by atoms with Crippen LogP contribution in [0.15, 0.2) is 51.4 Å². The van der Waals surface area contributed by atoms with Crippen molar-refractivity contribution in [2.45, 2.75) is 0 Å². The molecule has 0 saturated carbocycles. The van der Waals surface area contributed by atoms with Crippen molar-refractivity contribution in [3.63, 3.8) is 0 Å². The van der Waals surface area contributed by atoms with Crippen molar-refractivity contribution in [1.82, 2.24) is 0 Å². The molecule has 108 valence electrons. The molecule has 0 unspecified atom stereocenters. The van der Waals surface area contributed by atoms with E-state index in [1.54, 1.807) is 24.3 Å². The van der Waals surface area contributed by atoms with Gasteiger partial charge in [0.1, 0.15) is 12.0 Å². The van der Waals surface area contributed by atoms with E-state index in [0.717, 1.165) is 10.8 Å². The van der Waals surface area contributed by atoms with E-state index in [0.29, 0.717) is 21.5 Å². The third kappa shape index (κ3) is 4.41. The molecule has 1 amide bonds. The molecule has 6 heteroatoms. The predicted molar refractivity (Wildman–Crippen MR) is 87.8 cm³/mol. The number of rotatable bonds is 5. The van der Waals surface area contributed by atoms with Crippen LogP contribution in [0.2, 0.25) is 0 Å². The molecule has 0 heterocycles. The Bertz CT molecular complexity index is 674. The van der Waals surface area contributed by atoms with Gasteiger partial charge in [-0.05, 0) is 62.2 Å². The van der Waals surface area contributed by atoms with E-state index in [1.807, 2.05) is 18.2 Å². The monoisotopic (exact) mass is 411 g/mol. The summed E-state index contributed by atoms with van der Waals surface area (Å²) >= 11 is 6.65. The lowest BCUT2D eigenvalue weighted by Crippen LogP contribution is -2.20. The third-order valence-corrected chi connectivity index (χ3v) is 3.91. The maximum absolute atomic E-state index is 11.8. The van der Waals surface area contributed by atoms with Gasteiger partial charge in [-0.3, -0.25) is 9.59 Å². The molecule has 0 bridgehead atoms. The van der Waals surface area contributed by atoms with E-state index in [1.165, 1.54) is 0 Å². The van der Waals surface area contributed by atoms with Crippen LogP contribution in [0.3, 0.4) is 0 Å². The van der Waals surface area contributed by atoms with Gasteiger partial charge >= 0.3 is 0 Å². The average Bonchev–Trinajstić information content (AvgIpc) is 2.48. The average molecular weight is 413 g/mol. The lowest BCUT2D eigenvalue weighted by Gasteiger charge is -2.10. The maximum Gasteiger partial charge on any atom is 0.262 e. The van der Waals surface area contributed by atoms with Gasteiger partial charge < -0.3 is 10.1 Å². The summed E-state index contributed by atoms with van der Waals surface area (Å²) in [6, 6.07) is 12.2. The van der Waals surface area contributed by atoms with Gasteiger partial charge in [0.25, 0.3) is 5.91 Å². The highest BCUT2D eigenvalue weighted by Crippen LogP contribution is 2.26. The number of hydrogen-bond donors (Lipinski definition) is 1. The quantitative estimate of drug-likeness (QED) is 0.754. The van der Waals surface area contributed by atoms with Crippen molar-refractivity contribution in [1.29, 1.82) is 0 Å². The molecule has 0 radical (unpaired) electrons. The molecule has 21 heavy (non-hydrogen) atoms. The fourth-order valence-electron chi connectivity index (χ4n) is 1.60. The van der Waals surface area contributed by atoms with Gasteiger partial charge in [0.05, 0.1) is 10.2 Å². The van der Waals surface area contributed by atoms with E-state index in [-0.39, 0.29) is 12.5 Å². The predicted octanol–water partition coefficient (Wildman–Crippen LogP) is 4.04. The Labute approximate surface area is 138 Å². The first-order valence-electron chi connectivity index (χ1n) is 6.02. The first-order valence-corrected chi connectivity index (χ1v) is 7.60. The Kier molecular flexibility index (Phi) is 5.52. The molecular weight excluding hydrogens is 402 g/mol. The fraction of sp³-hybridized carbons (Fsp3) is 0.0667. The Morgan fingerprint density at radius 1 is 1.14 bits per heavy atom. The summed E-state index contributed by atoms with van der Waals surface area (Å²) in [4.78, 5) is 22.5. The Morgan fingerprint density at radius 2 is 1.90 bits per heavy atom. The number of amides is 1. The molecule has 2 rings (SSSR count). The number of nitrogens with one attached hydrogen (secondary N) is 1. The molecule has 4 nitrogen and oxygen atoms in total. The van der Waals surface area contributed by atoms with Crippen LogP contribution in [0, 0.1) is 0 Å². The zero-order valence-electron chi connectivity index (χ0n) is 10.8. The minimum absolute atomic E-state index is 0.125. The standard InChI is InChI=1S/C15H11Br2NO3/c16-11-3-1-2-4-13(11)18-15(20)9-21-14-6-5-10(8-19)7-12(14)17/h1-8H,9H2,(H,18,20). The zero-order chi connectivity index (χ0) is 15.2. The molecule has 0 fully saturated rings. The van der Waals surface area contributed by atoms with Crippen molar-refractivity contribution in [3.8, 4) is 5.75 Å². The van der Waals surface area contributed by atoms with E-state index < -0.39 is 0 Å². The van der Waals surface area contributed by atoms with Crippen molar-refractivity contribution in [3.05, 3.63) is 57.0 Å². The van der Waals surface area contributed by atoms with Gasteiger partial charge in [-0.2, -0.15) is 0 Å². The molecule has 2 aromatic carbocycles. The molecule has 2 aromatic rings. The lowest BCUT2D eigenvalue weighted by atomic mass is 10.2. The Morgan fingerprint density at radius 3 is 2.57 bits per heavy atom. The molecule has 0 spiro atoms. The topological polar surface area (TPSA) is 55.4 Å². The number of aldehydes is 1. The van der Waals surface area contributed by atoms with Crippen LogP contribution in [0.4, 0.5) is 5.69 Å². The largest absolute Gasteiger partial charge is 0.483 e. The van der Waals surface area contributed by atoms with E-state index in [2.05, 4.69) is 37.2 Å². The first kappa shape index (κ1) is 15.7. The number of anilines is 1. The molecule has 0 aliphatic heterocycles.